The molecule has 0 spiro atoms. The smallest absolute Gasteiger partial charge is 0.147 e. The van der Waals surface area contributed by atoms with E-state index in [9.17, 15) is 0 Å². The van der Waals surface area contributed by atoms with Gasteiger partial charge in [-0.3, -0.25) is 4.68 Å². The number of nitrogens with zero attached hydrogens (tertiary/aromatic N) is 5. The highest BCUT2D eigenvalue weighted by Crippen LogP contribution is 2.12. The lowest BCUT2D eigenvalue weighted by atomic mass is 10.3. The molecule has 0 fully saturated rings. The summed E-state index contributed by atoms with van der Waals surface area (Å²) in [5.74, 6) is 0. The largest absolute Gasteiger partial charge is 0.255 e. The van der Waals surface area contributed by atoms with Crippen molar-refractivity contribution in [2.75, 3.05) is 0 Å². The van der Waals surface area contributed by atoms with Gasteiger partial charge in [-0.15, -0.1) is 5.10 Å². The third-order valence-corrected chi connectivity index (χ3v) is 1.68. The predicted octanol–water partition coefficient (Wildman–Crippen LogP) is 0.925. The Balaban J connectivity index is 2.41. The second kappa shape index (κ2) is 3.10. The Bertz CT molecular complexity index is 407. The maximum Gasteiger partial charge on any atom is 0.147 e. The zero-order chi connectivity index (χ0) is 9.26. The summed E-state index contributed by atoms with van der Waals surface area (Å²) < 4.78 is 1.60. The van der Waals surface area contributed by atoms with E-state index in [1.807, 2.05) is 0 Å². The molecule has 0 radical (unpaired) electrons. The summed E-state index contributed by atoms with van der Waals surface area (Å²) in [6.45, 7) is 0. The maximum atomic E-state index is 5.59. The molecule has 2 aromatic heterocycles. The van der Waals surface area contributed by atoms with Crippen LogP contribution in [-0.4, -0.2) is 25.0 Å². The van der Waals surface area contributed by atoms with E-state index in [4.69, 9.17) is 11.6 Å². The van der Waals surface area contributed by atoms with Crippen molar-refractivity contribution in [3.8, 4) is 11.4 Å². The van der Waals surface area contributed by atoms with Gasteiger partial charge in [-0.2, -0.15) is 0 Å². The summed E-state index contributed by atoms with van der Waals surface area (Å²) in [6.07, 6.45) is 4.80. The fraction of sp³-hybridized carbons (Fsp3) is 0.143. The minimum Gasteiger partial charge on any atom is -0.255 e. The van der Waals surface area contributed by atoms with Gasteiger partial charge in [-0.05, 0) is 0 Å². The van der Waals surface area contributed by atoms with Crippen molar-refractivity contribution < 1.29 is 0 Å². The van der Waals surface area contributed by atoms with Crippen molar-refractivity contribution in [3.63, 3.8) is 0 Å². The van der Waals surface area contributed by atoms with E-state index in [1.54, 1.807) is 24.1 Å². The molecular formula is C7H6ClN5. The minimum atomic E-state index is 0.368. The summed E-state index contributed by atoms with van der Waals surface area (Å²) >= 11 is 5.59. The highest BCUT2D eigenvalue weighted by molar-refractivity contribution is 6.29. The molecule has 13 heavy (non-hydrogen) atoms. The molecule has 0 bridgehead atoms. The molecular weight excluding hydrogens is 190 g/mol. The third-order valence-electron chi connectivity index (χ3n) is 1.49. The average molecular weight is 196 g/mol. The summed E-state index contributed by atoms with van der Waals surface area (Å²) in [6, 6.07) is 0. The molecule has 5 nitrogen and oxygen atoms in total. The van der Waals surface area contributed by atoms with Crippen LogP contribution in [0.25, 0.3) is 11.4 Å². The SMILES string of the molecule is Cn1cc(-c2cnc(Cl)cn2)nn1. The van der Waals surface area contributed by atoms with Gasteiger partial charge in [0.2, 0.25) is 0 Å². The van der Waals surface area contributed by atoms with Gasteiger partial charge in [-0.25, -0.2) is 9.97 Å². The van der Waals surface area contributed by atoms with Crippen LogP contribution in [0.2, 0.25) is 5.15 Å². The van der Waals surface area contributed by atoms with E-state index in [0.29, 0.717) is 16.5 Å². The van der Waals surface area contributed by atoms with Gasteiger partial charge in [-0.1, -0.05) is 16.8 Å². The summed E-state index contributed by atoms with van der Waals surface area (Å²) in [5, 5.41) is 8.03. The van der Waals surface area contributed by atoms with Crippen LogP contribution in [0.15, 0.2) is 18.6 Å². The van der Waals surface area contributed by atoms with Crippen LogP contribution < -0.4 is 0 Å². The van der Waals surface area contributed by atoms with Crippen molar-refractivity contribution in [1.29, 1.82) is 0 Å². The normalized spacial score (nSPS) is 10.3. The zero-order valence-corrected chi connectivity index (χ0v) is 7.60. The summed E-state index contributed by atoms with van der Waals surface area (Å²) in [7, 11) is 1.79. The second-order valence-electron chi connectivity index (χ2n) is 2.50. The molecule has 0 saturated carbocycles. The molecule has 6 heteroatoms. The van der Waals surface area contributed by atoms with Crippen LogP contribution in [0.1, 0.15) is 0 Å². The Labute approximate surface area is 79.4 Å². The first-order chi connectivity index (χ1) is 6.25. The molecule has 66 valence electrons. The number of aromatic nitrogens is 5. The first-order valence-electron chi connectivity index (χ1n) is 3.60. The molecule has 0 aliphatic heterocycles. The van der Waals surface area contributed by atoms with E-state index in [1.165, 1.54) is 6.20 Å². The van der Waals surface area contributed by atoms with Crippen molar-refractivity contribution in [2.45, 2.75) is 0 Å². The molecule has 0 aliphatic carbocycles. The second-order valence-corrected chi connectivity index (χ2v) is 2.89. The number of aryl methyl sites for hydroxylation is 1. The van der Waals surface area contributed by atoms with Crippen molar-refractivity contribution in [2.24, 2.45) is 7.05 Å². The van der Waals surface area contributed by atoms with E-state index < -0.39 is 0 Å². The molecule has 2 heterocycles. The quantitative estimate of drug-likeness (QED) is 0.679. The fourth-order valence-corrected chi connectivity index (χ4v) is 1.01. The van der Waals surface area contributed by atoms with Gasteiger partial charge < -0.3 is 0 Å². The molecule has 0 amide bonds. The third kappa shape index (κ3) is 1.65. The number of hydrogen-bond acceptors (Lipinski definition) is 4. The Morgan fingerprint density at radius 3 is 2.62 bits per heavy atom. The van der Waals surface area contributed by atoms with Gasteiger partial charge in [0.25, 0.3) is 0 Å². The summed E-state index contributed by atoms with van der Waals surface area (Å²) in [4.78, 5) is 7.94. The van der Waals surface area contributed by atoms with Gasteiger partial charge in [0, 0.05) is 7.05 Å². The molecule has 2 aromatic rings. The lowest BCUT2D eigenvalue weighted by molar-refractivity contribution is 0.715. The van der Waals surface area contributed by atoms with Crippen molar-refractivity contribution in [3.05, 3.63) is 23.7 Å². The van der Waals surface area contributed by atoms with Crippen LogP contribution in [0, 0.1) is 0 Å². The lowest BCUT2D eigenvalue weighted by Gasteiger charge is -1.92. The van der Waals surface area contributed by atoms with Gasteiger partial charge >= 0.3 is 0 Å². The zero-order valence-electron chi connectivity index (χ0n) is 6.85. The lowest BCUT2D eigenvalue weighted by Crippen LogP contribution is -1.85. The molecule has 0 aromatic carbocycles. The highest BCUT2D eigenvalue weighted by Gasteiger charge is 2.03. The fourth-order valence-electron chi connectivity index (χ4n) is 0.909. The predicted molar refractivity (Wildman–Crippen MR) is 47.0 cm³/mol. The Hall–Kier alpha value is -1.49. The van der Waals surface area contributed by atoms with Crippen molar-refractivity contribution in [1.82, 2.24) is 25.0 Å². The van der Waals surface area contributed by atoms with E-state index in [2.05, 4.69) is 20.3 Å². The number of halogens is 1. The Kier molecular flexibility index (Phi) is 1.94. The monoisotopic (exact) mass is 195 g/mol. The summed E-state index contributed by atoms with van der Waals surface area (Å²) in [5.41, 5.74) is 1.35. The standard InChI is InChI=1S/C7H6ClN5/c1-13-4-6(11-12-13)5-2-10-7(8)3-9-5/h2-4H,1H3. The molecule has 2 rings (SSSR count). The van der Waals surface area contributed by atoms with Crippen LogP contribution in [0.4, 0.5) is 0 Å². The van der Waals surface area contributed by atoms with E-state index >= 15 is 0 Å². The van der Waals surface area contributed by atoms with E-state index in [-0.39, 0.29) is 0 Å². The van der Waals surface area contributed by atoms with Gasteiger partial charge in [0.1, 0.15) is 16.5 Å². The van der Waals surface area contributed by atoms with Crippen LogP contribution in [0.3, 0.4) is 0 Å². The molecule has 0 aliphatic rings. The van der Waals surface area contributed by atoms with Crippen molar-refractivity contribution >= 4 is 11.6 Å². The maximum absolute atomic E-state index is 5.59. The molecule has 0 atom stereocenters. The van der Waals surface area contributed by atoms with Crippen LogP contribution >= 0.6 is 11.6 Å². The number of rotatable bonds is 1. The van der Waals surface area contributed by atoms with Gasteiger partial charge in [0.15, 0.2) is 0 Å². The minimum absolute atomic E-state index is 0.368. The number of hydrogen-bond donors (Lipinski definition) is 0. The first kappa shape index (κ1) is 8.12. The topological polar surface area (TPSA) is 56.5 Å². The Morgan fingerprint density at radius 1 is 1.23 bits per heavy atom. The molecule has 0 N–H and O–H groups in total. The average Bonchev–Trinajstić information content (AvgIpc) is 2.53. The molecule has 0 saturated heterocycles. The van der Waals surface area contributed by atoms with Crippen LogP contribution in [-0.2, 0) is 7.05 Å². The van der Waals surface area contributed by atoms with E-state index in [0.717, 1.165) is 0 Å². The first-order valence-corrected chi connectivity index (χ1v) is 3.98. The highest BCUT2D eigenvalue weighted by atomic mass is 35.5. The molecule has 0 unspecified atom stereocenters. The van der Waals surface area contributed by atoms with Gasteiger partial charge in [0.05, 0.1) is 18.6 Å². The Morgan fingerprint density at radius 2 is 2.08 bits per heavy atom. The van der Waals surface area contributed by atoms with Crippen LogP contribution in [0.5, 0.6) is 0 Å².